The summed E-state index contributed by atoms with van der Waals surface area (Å²) in [5.41, 5.74) is 2.78. The smallest absolute Gasteiger partial charge is 0.328 e. The minimum atomic E-state index is -0.909. The van der Waals surface area contributed by atoms with Crippen LogP contribution in [-0.4, -0.2) is 36.7 Å². The second-order valence-corrected chi connectivity index (χ2v) is 7.40. The number of ketones is 1. The predicted molar refractivity (Wildman–Crippen MR) is 124 cm³/mol. The molecular formula is C26H24N2O5. The number of benzene rings is 3. The van der Waals surface area contributed by atoms with Crippen molar-refractivity contribution in [3.8, 4) is 0 Å². The number of hydrogen-bond acceptors (Lipinski definition) is 5. The summed E-state index contributed by atoms with van der Waals surface area (Å²) in [6.45, 7) is 1.39. The van der Waals surface area contributed by atoms with Gasteiger partial charge in [0.05, 0.1) is 7.11 Å². The Morgan fingerprint density at radius 2 is 1.36 bits per heavy atom. The van der Waals surface area contributed by atoms with Crippen LogP contribution in [0.4, 0.5) is 5.69 Å². The first kappa shape index (κ1) is 23.4. The van der Waals surface area contributed by atoms with Crippen LogP contribution >= 0.6 is 0 Å². The quantitative estimate of drug-likeness (QED) is 0.410. The van der Waals surface area contributed by atoms with E-state index >= 15 is 0 Å². The lowest BCUT2D eigenvalue weighted by atomic mass is 9.99. The van der Waals surface area contributed by atoms with Crippen LogP contribution in [0.3, 0.4) is 0 Å². The normalized spacial score (nSPS) is 11.2. The highest BCUT2D eigenvalue weighted by molar-refractivity contribution is 6.09. The third kappa shape index (κ3) is 6.36. The Bertz CT molecular complexity index is 1140. The minimum absolute atomic E-state index is 0.0947. The van der Waals surface area contributed by atoms with Gasteiger partial charge in [-0.3, -0.25) is 14.4 Å². The molecule has 0 aromatic heterocycles. The van der Waals surface area contributed by atoms with Gasteiger partial charge in [-0.15, -0.1) is 0 Å². The van der Waals surface area contributed by atoms with Gasteiger partial charge in [0.25, 0.3) is 5.91 Å². The number of ether oxygens (including phenoxy) is 1. The molecule has 0 radical (unpaired) electrons. The fraction of sp³-hybridized carbons (Fsp3) is 0.154. The number of methoxy groups -OCH3 is 1. The van der Waals surface area contributed by atoms with Gasteiger partial charge in [-0.2, -0.15) is 0 Å². The maximum absolute atomic E-state index is 12.6. The lowest BCUT2D eigenvalue weighted by Gasteiger charge is -2.17. The Balaban J connectivity index is 1.69. The topological polar surface area (TPSA) is 102 Å². The Morgan fingerprint density at radius 1 is 0.788 bits per heavy atom. The number of carbonyl (C=O) groups excluding carboxylic acids is 4. The zero-order valence-corrected chi connectivity index (χ0v) is 18.3. The first-order valence-electron chi connectivity index (χ1n) is 10.3. The van der Waals surface area contributed by atoms with E-state index in [2.05, 4.69) is 10.6 Å². The van der Waals surface area contributed by atoms with Crippen LogP contribution in [0.5, 0.6) is 0 Å². The average molecular weight is 444 g/mol. The maximum atomic E-state index is 12.6. The summed E-state index contributed by atoms with van der Waals surface area (Å²) in [5.74, 6) is -1.34. The van der Waals surface area contributed by atoms with Crippen molar-refractivity contribution in [3.63, 3.8) is 0 Å². The lowest BCUT2D eigenvalue weighted by molar-refractivity contribution is -0.142. The van der Waals surface area contributed by atoms with E-state index in [0.717, 1.165) is 5.56 Å². The minimum Gasteiger partial charge on any atom is -0.467 e. The van der Waals surface area contributed by atoms with Gasteiger partial charge in [0.2, 0.25) is 5.91 Å². The molecule has 3 aromatic rings. The Kier molecular flexibility index (Phi) is 7.70. The van der Waals surface area contributed by atoms with E-state index in [0.29, 0.717) is 22.4 Å². The molecule has 0 unspecified atom stereocenters. The second-order valence-electron chi connectivity index (χ2n) is 7.40. The largest absolute Gasteiger partial charge is 0.467 e. The number of amides is 2. The van der Waals surface area contributed by atoms with Crippen molar-refractivity contribution in [2.75, 3.05) is 12.4 Å². The SMILES string of the molecule is COC(=O)[C@H](Cc1ccc(C(=O)c2ccccc2)cc1)NC(=O)c1ccc(NC(C)=O)cc1. The third-order valence-electron chi connectivity index (χ3n) is 4.95. The van der Waals surface area contributed by atoms with Crippen LogP contribution in [0.25, 0.3) is 0 Å². The van der Waals surface area contributed by atoms with E-state index in [-0.39, 0.29) is 18.1 Å². The van der Waals surface area contributed by atoms with Crippen molar-refractivity contribution in [3.05, 3.63) is 101 Å². The molecule has 3 rings (SSSR count). The molecule has 7 nitrogen and oxygen atoms in total. The zero-order chi connectivity index (χ0) is 23.8. The lowest BCUT2D eigenvalue weighted by Crippen LogP contribution is -2.43. The second kappa shape index (κ2) is 10.9. The summed E-state index contributed by atoms with van der Waals surface area (Å²) in [6, 6.07) is 21.3. The molecule has 33 heavy (non-hydrogen) atoms. The number of nitrogens with one attached hydrogen (secondary N) is 2. The highest BCUT2D eigenvalue weighted by Crippen LogP contribution is 2.14. The summed E-state index contributed by atoms with van der Waals surface area (Å²) in [6.07, 6.45) is 0.197. The molecule has 0 saturated heterocycles. The molecule has 0 aliphatic rings. The zero-order valence-electron chi connectivity index (χ0n) is 18.3. The van der Waals surface area contributed by atoms with Crippen LogP contribution in [0.2, 0.25) is 0 Å². The van der Waals surface area contributed by atoms with Crippen LogP contribution < -0.4 is 10.6 Å². The van der Waals surface area contributed by atoms with Crippen molar-refractivity contribution < 1.29 is 23.9 Å². The van der Waals surface area contributed by atoms with E-state index in [1.165, 1.54) is 14.0 Å². The molecule has 168 valence electrons. The Hall–Kier alpha value is -4.26. The monoisotopic (exact) mass is 444 g/mol. The standard InChI is InChI=1S/C26H24N2O5/c1-17(29)27-22-14-12-21(13-15-22)25(31)28-23(26(32)33-2)16-18-8-10-20(11-9-18)24(30)19-6-4-3-5-7-19/h3-15,23H,16H2,1-2H3,(H,27,29)(H,28,31)/t23-/m0/s1. The van der Waals surface area contributed by atoms with Crippen LogP contribution in [-0.2, 0) is 20.7 Å². The highest BCUT2D eigenvalue weighted by atomic mass is 16.5. The molecule has 1 atom stereocenters. The molecule has 0 bridgehead atoms. The van der Waals surface area contributed by atoms with Crippen LogP contribution in [0.1, 0.15) is 38.8 Å². The van der Waals surface area contributed by atoms with Crippen LogP contribution in [0.15, 0.2) is 78.9 Å². The Labute approximate surface area is 191 Å². The first-order valence-corrected chi connectivity index (χ1v) is 10.3. The van der Waals surface area contributed by atoms with Gasteiger partial charge < -0.3 is 15.4 Å². The molecule has 2 N–H and O–H groups in total. The highest BCUT2D eigenvalue weighted by Gasteiger charge is 2.23. The molecule has 0 spiro atoms. The van der Waals surface area contributed by atoms with E-state index in [9.17, 15) is 19.2 Å². The molecule has 0 heterocycles. The van der Waals surface area contributed by atoms with Crippen molar-refractivity contribution in [1.29, 1.82) is 0 Å². The third-order valence-corrected chi connectivity index (χ3v) is 4.95. The average Bonchev–Trinajstić information content (AvgIpc) is 2.83. The van der Waals surface area contributed by atoms with Crippen molar-refractivity contribution in [2.24, 2.45) is 0 Å². The van der Waals surface area contributed by atoms with Gasteiger partial charge in [-0.05, 0) is 29.8 Å². The Morgan fingerprint density at radius 3 is 1.94 bits per heavy atom. The summed E-state index contributed by atoms with van der Waals surface area (Å²) in [4.78, 5) is 48.6. The number of esters is 1. The molecule has 3 aromatic carbocycles. The van der Waals surface area contributed by atoms with Crippen molar-refractivity contribution >= 4 is 29.3 Å². The molecule has 0 fully saturated rings. The van der Waals surface area contributed by atoms with Gasteiger partial charge in [-0.1, -0.05) is 54.6 Å². The fourth-order valence-electron chi connectivity index (χ4n) is 3.27. The molecule has 7 heteroatoms. The maximum Gasteiger partial charge on any atom is 0.328 e. The first-order chi connectivity index (χ1) is 15.9. The van der Waals surface area contributed by atoms with Gasteiger partial charge in [-0.25, -0.2) is 4.79 Å². The van der Waals surface area contributed by atoms with E-state index in [1.807, 2.05) is 6.07 Å². The molecular weight excluding hydrogens is 420 g/mol. The summed E-state index contributed by atoms with van der Waals surface area (Å²) >= 11 is 0. The van der Waals surface area contributed by atoms with Crippen LogP contribution in [0, 0.1) is 0 Å². The molecule has 0 aliphatic heterocycles. The fourth-order valence-corrected chi connectivity index (χ4v) is 3.27. The number of anilines is 1. The summed E-state index contributed by atoms with van der Waals surface area (Å²) in [7, 11) is 1.26. The number of hydrogen-bond donors (Lipinski definition) is 2. The number of carbonyl (C=O) groups is 4. The van der Waals surface area contributed by atoms with E-state index in [1.54, 1.807) is 72.8 Å². The predicted octanol–water partition coefficient (Wildman–Crippen LogP) is 3.39. The summed E-state index contributed by atoms with van der Waals surface area (Å²) < 4.78 is 4.85. The van der Waals surface area contributed by atoms with Gasteiger partial charge in [0.1, 0.15) is 6.04 Å². The van der Waals surface area contributed by atoms with Gasteiger partial charge in [0, 0.05) is 35.7 Å². The van der Waals surface area contributed by atoms with Gasteiger partial charge in [0.15, 0.2) is 5.78 Å². The van der Waals surface area contributed by atoms with Crippen molar-refractivity contribution in [2.45, 2.75) is 19.4 Å². The molecule has 0 saturated carbocycles. The van der Waals surface area contributed by atoms with Gasteiger partial charge >= 0.3 is 5.97 Å². The van der Waals surface area contributed by atoms with Crippen molar-refractivity contribution in [1.82, 2.24) is 5.32 Å². The molecule has 0 aliphatic carbocycles. The summed E-state index contributed by atoms with van der Waals surface area (Å²) in [5, 5.41) is 5.31. The number of rotatable bonds is 8. The van der Waals surface area contributed by atoms with E-state index in [4.69, 9.17) is 4.74 Å². The van der Waals surface area contributed by atoms with E-state index < -0.39 is 17.9 Å². The molecule has 2 amide bonds.